The molecule has 1 aliphatic rings. The van der Waals surface area contributed by atoms with Crippen molar-refractivity contribution in [3.05, 3.63) is 47.5 Å². The average molecular weight is 486 g/mol. The molecule has 0 aliphatic carbocycles. The van der Waals surface area contributed by atoms with Gasteiger partial charge in [-0.3, -0.25) is 4.90 Å². The van der Waals surface area contributed by atoms with Crippen molar-refractivity contribution in [1.29, 1.82) is 0 Å². The first-order valence-electron chi connectivity index (χ1n) is 11.7. The van der Waals surface area contributed by atoms with Gasteiger partial charge in [0.2, 0.25) is 0 Å². The quantitative estimate of drug-likeness (QED) is 0.578. The fraction of sp³-hybridized carbons (Fsp3) is 0.462. The van der Waals surface area contributed by atoms with E-state index in [2.05, 4.69) is 5.32 Å². The second-order valence-electron chi connectivity index (χ2n) is 9.39. The summed E-state index contributed by atoms with van der Waals surface area (Å²) in [7, 11) is 3.09. The molecule has 9 heteroatoms. The first-order valence-corrected chi connectivity index (χ1v) is 11.7. The van der Waals surface area contributed by atoms with E-state index in [1.54, 1.807) is 35.1 Å². The third-order valence-corrected chi connectivity index (χ3v) is 5.58. The van der Waals surface area contributed by atoms with Crippen LogP contribution in [0, 0.1) is 0 Å². The Morgan fingerprint density at radius 1 is 1.06 bits per heavy atom. The first-order chi connectivity index (χ1) is 16.6. The second-order valence-corrected chi connectivity index (χ2v) is 9.39. The highest BCUT2D eigenvalue weighted by molar-refractivity contribution is 5.93. The van der Waals surface area contributed by atoms with E-state index >= 15 is 0 Å². The highest BCUT2D eigenvalue weighted by Gasteiger charge is 2.28. The molecule has 9 nitrogen and oxygen atoms in total. The predicted octanol–water partition coefficient (Wildman–Crippen LogP) is 4.31. The van der Waals surface area contributed by atoms with Gasteiger partial charge in [0, 0.05) is 37.0 Å². The Labute approximate surface area is 206 Å². The van der Waals surface area contributed by atoms with E-state index in [1.165, 1.54) is 7.11 Å². The Hall–Kier alpha value is -3.62. The number of nitrogens with one attached hydrogen (secondary N) is 1. The molecule has 1 heterocycles. The van der Waals surface area contributed by atoms with Gasteiger partial charge in [0.15, 0.2) is 11.5 Å². The van der Waals surface area contributed by atoms with Crippen LogP contribution in [-0.2, 0) is 17.7 Å². The number of nitrogens with zero attached hydrogens (tertiary/aromatic N) is 2. The zero-order valence-corrected chi connectivity index (χ0v) is 21.1. The minimum absolute atomic E-state index is 0.00617. The number of urea groups is 1. The molecule has 0 aromatic heterocycles. The van der Waals surface area contributed by atoms with Crippen LogP contribution in [0.3, 0.4) is 0 Å². The van der Waals surface area contributed by atoms with Crippen molar-refractivity contribution in [2.24, 2.45) is 0 Å². The first kappa shape index (κ1) is 26.0. The monoisotopic (exact) mass is 485 g/mol. The lowest BCUT2D eigenvalue weighted by molar-refractivity contribution is 0.0528. The average Bonchev–Trinajstić information content (AvgIpc) is 2.80. The van der Waals surface area contributed by atoms with Gasteiger partial charge < -0.3 is 29.5 Å². The summed E-state index contributed by atoms with van der Waals surface area (Å²) in [6.07, 6.45) is 0.974. The largest absolute Gasteiger partial charge is 0.504 e. The van der Waals surface area contributed by atoms with E-state index in [0.717, 1.165) is 17.5 Å². The van der Waals surface area contributed by atoms with Gasteiger partial charge >= 0.3 is 12.1 Å². The lowest BCUT2D eigenvalue weighted by Crippen LogP contribution is -2.49. The number of phenolic OH excluding ortho intramolecular Hbond substituents is 1. The van der Waals surface area contributed by atoms with Crippen LogP contribution in [0.5, 0.6) is 17.2 Å². The Bertz CT molecular complexity index is 1050. The molecule has 35 heavy (non-hydrogen) atoms. The summed E-state index contributed by atoms with van der Waals surface area (Å²) in [6, 6.07) is 10.7. The molecule has 1 aliphatic heterocycles. The number of anilines is 1. The molecule has 0 spiro atoms. The maximum Gasteiger partial charge on any atom is 0.407 e. The topological polar surface area (TPSA) is 101 Å². The fourth-order valence-electron chi connectivity index (χ4n) is 3.92. The highest BCUT2D eigenvalue weighted by atomic mass is 16.6. The lowest BCUT2D eigenvalue weighted by Gasteiger charge is -2.36. The summed E-state index contributed by atoms with van der Waals surface area (Å²) in [5.41, 5.74) is 1.98. The number of carbonyl (C=O) groups is 2. The van der Waals surface area contributed by atoms with Crippen molar-refractivity contribution in [2.45, 2.75) is 45.8 Å². The zero-order chi connectivity index (χ0) is 25.6. The molecule has 2 aromatic rings. The number of hydrogen-bond acceptors (Lipinski definition) is 6. The molecule has 2 N–H and O–H groups in total. The van der Waals surface area contributed by atoms with Crippen molar-refractivity contribution >= 4 is 17.8 Å². The van der Waals surface area contributed by atoms with Crippen LogP contribution in [0.4, 0.5) is 15.3 Å². The molecule has 3 amide bonds. The van der Waals surface area contributed by atoms with Crippen LogP contribution < -0.4 is 19.7 Å². The molecule has 3 rings (SSSR count). The summed E-state index contributed by atoms with van der Waals surface area (Å²) < 4.78 is 16.0. The van der Waals surface area contributed by atoms with Gasteiger partial charge in [0.1, 0.15) is 11.4 Å². The van der Waals surface area contributed by atoms with E-state index in [-0.39, 0.29) is 11.8 Å². The van der Waals surface area contributed by atoms with E-state index < -0.39 is 11.7 Å². The number of rotatable bonds is 8. The van der Waals surface area contributed by atoms with Crippen LogP contribution in [0.2, 0.25) is 0 Å². The van der Waals surface area contributed by atoms with E-state index in [4.69, 9.17) is 14.2 Å². The summed E-state index contributed by atoms with van der Waals surface area (Å²) in [4.78, 5) is 28.5. The van der Waals surface area contributed by atoms with Crippen molar-refractivity contribution in [3.63, 3.8) is 0 Å². The number of aromatic hydroxyl groups is 1. The number of carbonyl (C=O) groups excluding carboxylic acids is 2. The molecule has 2 aromatic carbocycles. The summed E-state index contributed by atoms with van der Waals surface area (Å²) in [6.45, 7) is 7.50. The molecular weight excluding hydrogens is 450 g/mol. The molecule has 190 valence electrons. The molecule has 1 saturated heterocycles. The SMILES string of the molecule is COc1ccc(N2CCCN(Cc3ccc(CCNC(=O)OC(C)(C)C)cc3OC)C2=O)cc1O. The maximum atomic E-state index is 13.2. The smallest absolute Gasteiger partial charge is 0.407 e. The Kier molecular flexibility index (Phi) is 8.32. The molecule has 0 radical (unpaired) electrons. The Morgan fingerprint density at radius 2 is 1.80 bits per heavy atom. The van der Waals surface area contributed by atoms with Crippen LogP contribution in [0.1, 0.15) is 38.3 Å². The Morgan fingerprint density at radius 3 is 2.46 bits per heavy atom. The predicted molar refractivity (Wildman–Crippen MR) is 133 cm³/mol. The summed E-state index contributed by atoms with van der Waals surface area (Å²) in [5, 5.41) is 12.9. The number of ether oxygens (including phenoxy) is 3. The molecule has 0 bridgehead atoms. The minimum atomic E-state index is -0.538. The van der Waals surface area contributed by atoms with E-state index in [9.17, 15) is 14.7 Å². The number of phenols is 1. The van der Waals surface area contributed by atoms with Crippen molar-refractivity contribution in [2.75, 3.05) is 38.8 Å². The summed E-state index contributed by atoms with van der Waals surface area (Å²) >= 11 is 0. The van der Waals surface area contributed by atoms with Crippen LogP contribution in [0.15, 0.2) is 36.4 Å². The van der Waals surface area contributed by atoms with Crippen molar-refractivity contribution < 1.29 is 28.9 Å². The van der Waals surface area contributed by atoms with Crippen LogP contribution in [0.25, 0.3) is 0 Å². The van der Waals surface area contributed by atoms with E-state index in [0.29, 0.717) is 49.8 Å². The van der Waals surface area contributed by atoms with Crippen molar-refractivity contribution in [1.82, 2.24) is 10.2 Å². The minimum Gasteiger partial charge on any atom is -0.504 e. The maximum absolute atomic E-state index is 13.2. The van der Waals surface area contributed by atoms with Crippen LogP contribution >= 0.6 is 0 Å². The number of amides is 3. The van der Waals surface area contributed by atoms with Gasteiger partial charge in [0.05, 0.1) is 20.8 Å². The fourth-order valence-corrected chi connectivity index (χ4v) is 3.92. The number of alkyl carbamates (subject to hydrolysis) is 1. The highest BCUT2D eigenvalue weighted by Crippen LogP contribution is 2.32. The number of benzene rings is 2. The van der Waals surface area contributed by atoms with E-state index in [1.807, 2.05) is 39.0 Å². The van der Waals surface area contributed by atoms with Crippen LogP contribution in [-0.4, -0.2) is 61.6 Å². The van der Waals surface area contributed by atoms with Gasteiger partial charge in [0.25, 0.3) is 0 Å². The van der Waals surface area contributed by atoms with Gasteiger partial charge in [-0.05, 0) is 57.4 Å². The second kappa shape index (κ2) is 11.2. The molecule has 1 fully saturated rings. The van der Waals surface area contributed by atoms with Gasteiger partial charge in [-0.1, -0.05) is 12.1 Å². The van der Waals surface area contributed by atoms with Gasteiger partial charge in [-0.15, -0.1) is 0 Å². The van der Waals surface area contributed by atoms with Gasteiger partial charge in [-0.2, -0.15) is 0 Å². The number of hydrogen-bond donors (Lipinski definition) is 2. The molecule has 0 atom stereocenters. The third-order valence-electron chi connectivity index (χ3n) is 5.58. The molecular formula is C26H35N3O6. The third kappa shape index (κ3) is 6.94. The van der Waals surface area contributed by atoms with Crippen molar-refractivity contribution in [3.8, 4) is 17.2 Å². The van der Waals surface area contributed by atoms with Gasteiger partial charge in [-0.25, -0.2) is 9.59 Å². The zero-order valence-electron chi connectivity index (χ0n) is 21.1. The lowest BCUT2D eigenvalue weighted by atomic mass is 10.1. The molecule has 0 unspecified atom stereocenters. The normalized spacial score (nSPS) is 14.0. The Balaban J connectivity index is 1.64. The summed E-state index contributed by atoms with van der Waals surface area (Å²) in [5.74, 6) is 1.04. The standard InChI is InChI=1S/C26H35N3O6/c1-26(2,3)35-24(31)27-12-11-18-7-8-19(23(15-18)34-5)17-28-13-6-14-29(25(28)32)20-9-10-22(33-4)21(30)16-20/h7-10,15-16,30H,6,11-14,17H2,1-5H3,(H,27,31). The molecule has 0 saturated carbocycles. The number of methoxy groups -OCH3 is 2.